The lowest BCUT2D eigenvalue weighted by atomic mass is 10.0. The van der Waals surface area contributed by atoms with Crippen molar-refractivity contribution < 1.29 is 4.79 Å². The van der Waals surface area contributed by atoms with Crippen molar-refractivity contribution in [1.29, 1.82) is 0 Å². The number of carbonyl (C=O) groups is 1. The van der Waals surface area contributed by atoms with Gasteiger partial charge in [0.1, 0.15) is 0 Å². The quantitative estimate of drug-likeness (QED) is 0.831. The van der Waals surface area contributed by atoms with E-state index in [0.717, 1.165) is 18.4 Å². The molecule has 0 radical (unpaired) electrons. The lowest BCUT2D eigenvalue weighted by Gasteiger charge is -2.11. The van der Waals surface area contributed by atoms with Crippen molar-refractivity contribution in [2.24, 2.45) is 11.7 Å². The summed E-state index contributed by atoms with van der Waals surface area (Å²) in [6.07, 6.45) is 2.32. The molecule has 18 heavy (non-hydrogen) atoms. The number of hydrogen-bond acceptors (Lipinski definition) is 2. The molecule has 0 heterocycles. The molecule has 1 amide bonds. The van der Waals surface area contributed by atoms with Crippen LogP contribution >= 0.6 is 11.6 Å². The first-order chi connectivity index (χ1) is 8.52. The minimum absolute atomic E-state index is 0.00428. The van der Waals surface area contributed by atoms with Crippen molar-refractivity contribution in [3.05, 3.63) is 28.8 Å². The topological polar surface area (TPSA) is 55.1 Å². The highest BCUT2D eigenvalue weighted by atomic mass is 35.5. The van der Waals surface area contributed by atoms with Crippen LogP contribution in [0.2, 0.25) is 5.02 Å². The fourth-order valence-electron chi connectivity index (χ4n) is 1.74. The first-order valence-electron chi connectivity index (χ1n) is 6.29. The Morgan fingerprint density at radius 3 is 2.78 bits per heavy atom. The van der Waals surface area contributed by atoms with E-state index in [9.17, 15) is 4.79 Å². The van der Waals surface area contributed by atoms with Crippen LogP contribution in [0.25, 0.3) is 0 Å². The molecule has 3 N–H and O–H groups in total. The highest BCUT2D eigenvalue weighted by molar-refractivity contribution is 6.33. The molecule has 1 unspecified atom stereocenters. The van der Waals surface area contributed by atoms with E-state index < -0.39 is 0 Å². The molecular formula is C14H21ClN2O. The Labute approximate surface area is 114 Å². The van der Waals surface area contributed by atoms with Crippen LogP contribution in [0.5, 0.6) is 0 Å². The molecule has 0 aliphatic rings. The number of halogens is 1. The van der Waals surface area contributed by atoms with E-state index >= 15 is 0 Å². The van der Waals surface area contributed by atoms with Gasteiger partial charge in [-0.3, -0.25) is 4.79 Å². The molecule has 0 aliphatic heterocycles. The number of hydrogen-bond donors (Lipinski definition) is 2. The highest BCUT2D eigenvalue weighted by Crippen LogP contribution is 2.23. The molecule has 100 valence electrons. The Hall–Kier alpha value is -1.06. The summed E-state index contributed by atoms with van der Waals surface area (Å²) in [5.41, 5.74) is 7.23. The van der Waals surface area contributed by atoms with Gasteiger partial charge >= 0.3 is 0 Å². The van der Waals surface area contributed by atoms with Crippen molar-refractivity contribution >= 4 is 23.2 Å². The van der Waals surface area contributed by atoms with Crippen LogP contribution in [0.15, 0.2) is 18.2 Å². The number of anilines is 1. The maximum Gasteiger partial charge on any atom is 0.224 e. The van der Waals surface area contributed by atoms with Crippen molar-refractivity contribution in [3.8, 4) is 0 Å². The Balaban J connectivity index is 2.44. The molecule has 0 saturated heterocycles. The van der Waals surface area contributed by atoms with Crippen molar-refractivity contribution in [3.63, 3.8) is 0 Å². The first kappa shape index (κ1) is 15.0. The van der Waals surface area contributed by atoms with E-state index in [2.05, 4.69) is 12.2 Å². The fraction of sp³-hybridized carbons (Fsp3) is 0.500. The Morgan fingerprint density at radius 1 is 1.44 bits per heavy atom. The molecule has 0 aliphatic carbocycles. The minimum Gasteiger partial charge on any atom is -0.330 e. The van der Waals surface area contributed by atoms with Crippen molar-refractivity contribution in [2.45, 2.75) is 33.1 Å². The molecule has 0 saturated carbocycles. The number of rotatable bonds is 6. The zero-order valence-corrected chi connectivity index (χ0v) is 11.8. The van der Waals surface area contributed by atoms with Crippen LogP contribution < -0.4 is 11.1 Å². The molecule has 1 rings (SSSR count). The van der Waals surface area contributed by atoms with Gasteiger partial charge in [-0.1, -0.05) is 24.6 Å². The number of benzene rings is 1. The van der Waals surface area contributed by atoms with Gasteiger partial charge in [-0.25, -0.2) is 0 Å². The van der Waals surface area contributed by atoms with E-state index in [1.54, 1.807) is 0 Å². The average molecular weight is 269 g/mol. The van der Waals surface area contributed by atoms with Crippen LogP contribution in [-0.4, -0.2) is 12.5 Å². The fourth-order valence-corrected chi connectivity index (χ4v) is 2.02. The molecule has 0 fully saturated rings. The first-order valence-corrected chi connectivity index (χ1v) is 6.66. The number of carbonyl (C=O) groups excluding carboxylic acids is 1. The number of nitrogens with one attached hydrogen (secondary N) is 1. The van der Waals surface area contributed by atoms with Gasteiger partial charge in [0.25, 0.3) is 0 Å². The summed E-state index contributed by atoms with van der Waals surface area (Å²) in [4.78, 5) is 11.8. The second kappa shape index (κ2) is 7.39. The minimum atomic E-state index is 0.00428. The van der Waals surface area contributed by atoms with Gasteiger partial charge in [-0.05, 0) is 49.9 Å². The van der Waals surface area contributed by atoms with Crippen LogP contribution in [0.1, 0.15) is 31.7 Å². The maximum atomic E-state index is 11.8. The summed E-state index contributed by atoms with van der Waals surface area (Å²) in [5, 5.41) is 3.41. The van der Waals surface area contributed by atoms with Crippen LogP contribution in [-0.2, 0) is 4.79 Å². The summed E-state index contributed by atoms with van der Waals surface area (Å²) in [7, 11) is 0. The van der Waals surface area contributed by atoms with Crippen LogP contribution in [0.3, 0.4) is 0 Å². The van der Waals surface area contributed by atoms with Gasteiger partial charge in [0.05, 0.1) is 10.7 Å². The predicted octanol–water partition coefficient (Wildman–Crippen LogP) is 3.35. The second-order valence-corrected chi connectivity index (χ2v) is 5.16. The zero-order chi connectivity index (χ0) is 13.5. The lowest BCUT2D eigenvalue weighted by molar-refractivity contribution is -0.116. The standard InChI is InChI=1S/C14H21ClN2O/c1-10(7-8-16)4-6-14(18)17-13-5-3-11(2)9-12(13)15/h3,5,9-10H,4,6-8,16H2,1-2H3,(H,17,18). The number of nitrogens with two attached hydrogens (primary N) is 1. The molecule has 0 bridgehead atoms. The molecule has 4 heteroatoms. The monoisotopic (exact) mass is 268 g/mol. The molecule has 1 aromatic carbocycles. The molecule has 1 aromatic rings. The van der Waals surface area contributed by atoms with Crippen molar-refractivity contribution in [2.75, 3.05) is 11.9 Å². The molecular weight excluding hydrogens is 248 g/mol. The molecule has 3 nitrogen and oxygen atoms in total. The zero-order valence-electron chi connectivity index (χ0n) is 11.0. The van der Waals surface area contributed by atoms with E-state index in [1.165, 1.54) is 0 Å². The molecule has 0 spiro atoms. The number of aryl methyl sites for hydroxylation is 1. The van der Waals surface area contributed by atoms with Crippen LogP contribution in [0.4, 0.5) is 5.69 Å². The van der Waals surface area contributed by atoms with Gasteiger partial charge < -0.3 is 11.1 Å². The number of amides is 1. The summed E-state index contributed by atoms with van der Waals surface area (Å²) in [5.74, 6) is 0.485. The summed E-state index contributed by atoms with van der Waals surface area (Å²) >= 11 is 6.05. The average Bonchev–Trinajstić information content (AvgIpc) is 2.31. The van der Waals surface area contributed by atoms with E-state index in [0.29, 0.717) is 29.6 Å². The van der Waals surface area contributed by atoms with Gasteiger partial charge in [0.15, 0.2) is 0 Å². The Bertz CT molecular complexity index is 407. The van der Waals surface area contributed by atoms with E-state index in [-0.39, 0.29) is 5.91 Å². The Kier molecular flexibility index (Phi) is 6.16. The normalized spacial score (nSPS) is 12.2. The van der Waals surface area contributed by atoms with E-state index in [1.807, 2.05) is 25.1 Å². The highest BCUT2D eigenvalue weighted by Gasteiger charge is 2.08. The van der Waals surface area contributed by atoms with Crippen molar-refractivity contribution in [1.82, 2.24) is 0 Å². The van der Waals surface area contributed by atoms with Gasteiger partial charge in [-0.2, -0.15) is 0 Å². The van der Waals surface area contributed by atoms with E-state index in [4.69, 9.17) is 17.3 Å². The molecule has 1 atom stereocenters. The summed E-state index contributed by atoms with van der Waals surface area (Å²) < 4.78 is 0. The second-order valence-electron chi connectivity index (χ2n) is 4.75. The van der Waals surface area contributed by atoms with Gasteiger partial charge in [-0.15, -0.1) is 0 Å². The lowest BCUT2D eigenvalue weighted by Crippen LogP contribution is -2.14. The summed E-state index contributed by atoms with van der Waals surface area (Å²) in [6, 6.07) is 5.60. The van der Waals surface area contributed by atoms with Gasteiger partial charge in [0, 0.05) is 6.42 Å². The largest absolute Gasteiger partial charge is 0.330 e. The predicted molar refractivity (Wildman–Crippen MR) is 76.9 cm³/mol. The third-order valence-corrected chi connectivity index (χ3v) is 3.24. The SMILES string of the molecule is Cc1ccc(NC(=O)CCC(C)CCN)c(Cl)c1. The smallest absolute Gasteiger partial charge is 0.224 e. The summed E-state index contributed by atoms with van der Waals surface area (Å²) in [6.45, 7) is 4.75. The Morgan fingerprint density at radius 2 is 2.17 bits per heavy atom. The third kappa shape index (κ3) is 5.07. The van der Waals surface area contributed by atoms with Gasteiger partial charge in [0.2, 0.25) is 5.91 Å². The molecule has 0 aromatic heterocycles. The third-order valence-electron chi connectivity index (χ3n) is 2.92. The van der Waals surface area contributed by atoms with Crippen LogP contribution in [0, 0.1) is 12.8 Å². The maximum absolute atomic E-state index is 11.8.